The predicted octanol–water partition coefficient (Wildman–Crippen LogP) is 2.11. The van der Waals surface area contributed by atoms with Gasteiger partial charge in [-0.2, -0.15) is 0 Å². The molecule has 0 aromatic heterocycles. The van der Waals surface area contributed by atoms with Crippen molar-refractivity contribution in [3.63, 3.8) is 0 Å². The van der Waals surface area contributed by atoms with Crippen molar-refractivity contribution in [1.29, 1.82) is 0 Å². The summed E-state index contributed by atoms with van der Waals surface area (Å²) in [4.78, 5) is 12.0. The van der Waals surface area contributed by atoms with Crippen molar-refractivity contribution in [3.8, 4) is 11.5 Å². The van der Waals surface area contributed by atoms with Crippen LogP contribution in [0.5, 0.6) is 11.5 Å². The summed E-state index contributed by atoms with van der Waals surface area (Å²) in [6.45, 7) is 2.30. The number of nitrogens with one attached hydrogen (secondary N) is 1. The van der Waals surface area contributed by atoms with E-state index in [2.05, 4.69) is 21.2 Å². The lowest BCUT2D eigenvalue weighted by atomic mass is 10.1. The lowest BCUT2D eigenvalue weighted by Gasteiger charge is -2.20. The average Bonchev–Trinajstić information content (AvgIpc) is 2.43. The molecule has 0 radical (unpaired) electrons. The predicted molar refractivity (Wildman–Crippen MR) is 83.0 cm³/mol. The standard InChI is InChI=1S/C13H17BrN2O3.ClH/c14-10-7-9(13(17)16-4-2-1-3-15)8-11-12(10)19-6-5-18-11;/h7-8H,1-6,15H2,(H,16,17);1H. The lowest BCUT2D eigenvalue weighted by Crippen LogP contribution is -2.25. The third-order valence-electron chi connectivity index (χ3n) is 2.78. The van der Waals surface area contributed by atoms with Crippen LogP contribution in [0.3, 0.4) is 0 Å². The molecule has 0 saturated carbocycles. The Morgan fingerprint density at radius 2 is 2.05 bits per heavy atom. The number of carbonyl (C=O) groups is 1. The molecule has 1 amide bonds. The van der Waals surface area contributed by atoms with Gasteiger partial charge in [-0.1, -0.05) is 0 Å². The molecule has 1 aliphatic rings. The van der Waals surface area contributed by atoms with Crippen LogP contribution in [0, 0.1) is 0 Å². The maximum Gasteiger partial charge on any atom is 0.251 e. The summed E-state index contributed by atoms with van der Waals surface area (Å²) < 4.78 is 11.7. The molecular weight excluding hydrogens is 348 g/mol. The van der Waals surface area contributed by atoms with E-state index in [1.807, 2.05) is 0 Å². The van der Waals surface area contributed by atoms with Gasteiger partial charge in [-0.25, -0.2) is 0 Å². The molecule has 7 heteroatoms. The number of hydrogen-bond acceptors (Lipinski definition) is 4. The molecule has 112 valence electrons. The van der Waals surface area contributed by atoms with Crippen LogP contribution in [0.25, 0.3) is 0 Å². The first-order valence-corrected chi connectivity index (χ1v) is 7.09. The summed E-state index contributed by atoms with van der Waals surface area (Å²) in [5, 5.41) is 2.86. The van der Waals surface area contributed by atoms with Gasteiger partial charge in [-0.3, -0.25) is 4.79 Å². The van der Waals surface area contributed by atoms with Crippen molar-refractivity contribution in [1.82, 2.24) is 5.32 Å². The highest BCUT2D eigenvalue weighted by Gasteiger charge is 2.18. The smallest absolute Gasteiger partial charge is 0.251 e. The fourth-order valence-electron chi connectivity index (χ4n) is 1.82. The molecule has 1 aliphatic heterocycles. The molecule has 1 aromatic rings. The fourth-order valence-corrected chi connectivity index (χ4v) is 2.37. The third kappa shape index (κ3) is 4.26. The van der Waals surface area contributed by atoms with E-state index in [-0.39, 0.29) is 18.3 Å². The molecule has 5 nitrogen and oxygen atoms in total. The van der Waals surface area contributed by atoms with E-state index >= 15 is 0 Å². The van der Waals surface area contributed by atoms with Crippen LogP contribution >= 0.6 is 28.3 Å². The van der Waals surface area contributed by atoms with Gasteiger partial charge in [0.1, 0.15) is 13.2 Å². The summed E-state index contributed by atoms with van der Waals surface area (Å²) >= 11 is 3.39. The summed E-state index contributed by atoms with van der Waals surface area (Å²) in [7, 11) is 0. The number of amides is 1. The van der Waals surface area contributed by atoms with Crippen LogP contribution < -0.4 is 20.5 Å². The quantitative estimate of drug-likeness (QED) is 0.784. The van der Waals surface area contributed by atoms with Crippen molar-refractivity contribution >= 4 is 34.2 Å². The molecule has 0 aliphatic carbocycles. The van der Waals surface area contributed by atoms with Crippen LogP contribution in [0.1, 0.15) is 23.2 Å². The fraction of sp³-hybridized carbons (Fsp3) is 0.462. The normalized spacial score (nSPS) is 12.5. The maximum atomic E-state index is 12.0. The monoisotopic (exact) mass is 364 g/mol. The lowest BCUT2D eigenvalue weighted by molar-refractivity contribution is 0.0951. The minimum Gasteiger partial charge on any atom is -0.486 e. The average molecular weight is 366 g/mol. The Morgan fingerprint density at radius 1 is 1.30 bits per heavy atom. The maximum absolute atomic E-state index is 12.0. The minimum absolute atomic E-state index is 0. The molecule has 2 rings (SSSR count). The Bertz CT molecular complexity index is 471. The van der Waals surface area contributed by atoms with Gasteiger partial charge in [0.2, 0.25) is 0 Å². The zero-order chi connectivity index (χ0) is 13.7. The van der Waals surface area contributed by atoms with E-state index in [1.165, 1.54) is 0 Å². The van der Waals surface area contributed by atoms with Gasteiger partial charge in [-0.05, 0) is 47.4 Å². The first-order valence-electron chi connectivity index (χ1n) is 6.30. The molecular formula is C13H18BrClN2O3. The Morgan fingerprint density at radius 3 is 2.80 bits per heavy atom. The van der Waals surface area contributed by atoms with E-state index in [0.717, 1.165) is 17.3 Å². The molecule has 1 heterocycles. The Labute approximate surface area is 132 Å². The molecule has 0 spiro atoms. The summed E-state index contributed by atoms with van der Waals surface area (Å²) in [5.41, 5.74) is 5.96. The van der Waals surface area contributed by atoms with Crippen molar-refractivity contribution in [2.45, 2.75) is 12.8 Å². The van der Waals surface area contributed by atoms with Crippen LogP contribution in [0.15, 0.2) is 16.6 Å². The van der Waals surface area contributed by atoms with Crippen LogP contribution in [0.2, 0.25) is 0 Å². The molecule has 0 fully saturated rings. The molecule has 3 N–H and O–H groups in total. The highest BCUT2D eigenvalue weighted by atomic mass is 79.9. The second kappa shape index (κ2) is 8.34. The molecule has 0 saturated heterocycles. The number of rotatable bonds is 5. The molecule has 0 atom stereocenters. The number of halogens is 2. The zero-order valence-corrected chi connectivity index (χ0v) is 13.4. The SMILES string of the molecule is Cl.NCCCCNC(=O)c1cc(Br)c2c(c1)OCCO2. The van der Waals surface area contributed by atoms with Gasteiger partial charge in [-0.15, -0.1) is 12.4 Å². The third-order valence-corrected chi connectivity index (χ3v) is 3.36. The van der Waals surface area contributed by atoms with Gasteiger partial charge < -0.3 is 20.5 Å². The molecule has 20 heavy (non-hydrogen) atoms. The van der Waals surface area contributed by atoms with Crippen LogP contribution in [0.4, 0.5) is 0 Å². The number of carbonyl (C=O) groups excluding carboxylic acids is 1. The van der Waals surface area contributed by atoms with Crippen molar-refractivity contribution < 1.29 is 14.3 Å². The van der Waals surface area contributed by atoms with Crippen molar-refractivity contribution in [3.05, 3.63) is 22.2 Å². The zero-order valence-electron chi connectivity index (χ0n) is 11.0. The second-order valence-electron chi connectivity index (χ2n) is 4.23. The van der Waals surface area contributed by atoms with Crippen molar-refractivity contribution in [2.75, 3.05) is 26.3 Å². The van der Waals surface area contributed by atoms with Gasteiger partial charge >= 0.3 is 0 Å². The van der Waals surface area contributed by atoms with E-state index in [9.17, 15) is 4.79 Å². The topological polar surface area (TPSA) is 73.6 Å². The minimum atomic E-state index is -0.116. The molecule has 1 aromatic carbocycles. The number of unbranched alkanes of at least 4 members (excludes halogenated alkanes) is 1. The number of ether oxygens (including phenoxy) is 2. The molecule has 0 unspecified atom stereocenters. The summed E-state index contributed by atoms with van der Waals surface area (Å²) in [6, 6.07) is 3.45. The first-order chi connectivity index (χ1) is 9.22. The van der Waals surface area contributed by atoms with Crippen LogP contribution in [-0.2, 0) is 0 Å². The number of benzene rings is 1. The van der Waals surface area contributed by atoms with Crippen LogP contribution in [-0.4, -0.2) is 32.2 Å². The summed E-state index contributed by atoms with van der Waals surface area (Å²) in [5.74, 6) is 1.15. The highest BCUT2D eigenvalue weighted by Crippen LogP contribution is 2.38. The number of hydrogen-bond donors (Lipinski definition) is 2. The van der Waals surface area contributed by atoms with Gasteiger partial charge in [0.15, 0.2) is 11.5 Å². The second-order valence-corrected chi connectivity index (χ2v) is 5.09. The number of nitrogens with two attached hydrogens (primary N) is 1. The van der Waals surface area contributed by atoms with Gasteiger partial charge in [0, 0.05) is 12.1 Å². The Hall–Kier alpha value is -0.980. The van der Waals surface area contributed by atoms with E-state index in [4.69, 9.17) is 15.2 Å². The number of fused-ring (bicyclic) bond motifs is 1. The van der Waals surface area contributed by atoms with Gasteiger partial charge in [0.25, 0.3) is 5.91 Å². The Balaban J connectivity index is 0.00000200. The van der Waals surface area contributed by atoms with E-state index in [0.29, 0.717) is 43.4 Å². The van der Waals surface area contributed by atoms with Crippen molar-refractivity contribution in [2.24, 2.45) is 5.73 Å². The largest absolute Gasteiger partial charge is 0.486 e. The first kappa shape index (κ1) is 17.1. The van der Waals surface area contributed by atoms with Gasteiger partial charge in [0.05, 0.1) is 4.47 Å². The summed E-state index contributed by atoms with van der Waals surface area (Å²) in [6.07, 6.45) is 1.79. The molecule has 0 bridgehead atoms. The highest BCUT2D eigenvalue weighted by molar-refractivity contribution is 9.10. The van der Waals surface area contributed by atoms with E-state index < -0.39 is 0 Å². The Kier molecular flexibility index (Phi) is 7.12. The van der Waals surface area contributed by atoms with E-state index in [1.54, 1.807) is 12.1 Å².